The second-order valence-electron chi connectivity index (χ2n) is 3.24. The lowest BCUT2D eigenvalue weighted by atomic mass is 9.78. The number of nitrogens with two attached hydrogens (primary N) is 2. The summed E-state index contributed by atoms with van der Waals surface area (Å²) in [5.74, 6) is 5.22. The number of aliphatic hydroxyl groups is 1. The molecule has 1 fully saturated rings. The topological polar surface area (TPSA) is 96.7 Å². The van der Waals surface area contributed by atoms with Crippen LogP contribution >= 0.6 is 0 Å². The van der Waals surface area contributed by atoms with Crippen molar-refractivity contribution in [3.05, 3.63) is 0 Å². The van der Waals surface area contributed by atoms with Crippen molar-refractivity contribution in [3.8, 4) is 0 Å². The standard InChI is InChI=1S/C7H16N4O/c8-6(11-9)10-5-4-7(12)2-1-3-7/h12H,1-5,9H2,(H3,8,10,11). The van der Waals surface area contributed by atoms with E-state index in [2.05, 4.69) is 10.4 Å². The molecule has 0 aromatic rings. The van der Waals surface area contributed by atoms with Gasteiger partial charge in [-0.2, -0.15) is 0 Å². The quantitative estimate of drug-likeness (QED) is 0.191. The van der Waals surface area contributed by atoms with Gasteiger partial charge in [-0.15, -0.1) is 0 Å². The van der Waals surface area contributed by atoms with Crippen LogP contribution in [0.3, 0.4) is 0 Å². The maximum atomic E-state index is 9.63. The van der Waals surface area contributed by atoms with Crippen LogP contribution in [0.1, 0.15) is 25.7 Å². The molecule has 0 spiro atoms. The van der Waals surface area contributed by atoms with Crippen molar-refractivity contribution in [2.45, 2.75) is 31.3 Å². The molecule has 5 heteroatoms. The van der Waals surface area contributed by atoms with E-state index in [-0.39, 0.29) is 5.96 Å². The molecule has 0 atom stereocenters. The minimum atomic E-state index is -0.474. The van der Waals surface area contributed by atoms with Crippen LogP contribution in [0.5, 0.6) is 0 Å². The summed E-state index contributed by atoms with van der Waals surface area (Å²) in [6.07, 6.45) is 3.57. The highest BCUT2D eigenvalue weighted by Crippen LogP contribution is 2.34. The molecule has 1 rings (SSSR count). The lowest BCUT2D eigenvalue weighted by molar-refractivity contribution is -0.0377. The predicted molar refractivity (Wildman–Crippen MR) is 47.2 cm³/mol. The molecule has 0 heterocycles. The summed E-state index contributed by atoms with van der Waals surface area (Å²) in [4.78, 5) is 3.91. The Morgan fingerprint density at radius 3 is 2.67 bits per heavy atom. The van der Waals surface area contributed by atoms with Gasteiger partial charge in [0, 0.05) is 6.54 Å². The van der Waals surface area contributed by atoms with E-state index in [0.717, 1.165) is 19.3 Å². The van der Waals surface area contributed by atoms with Gasteiger partial charge in [0.05, 0.1) is 5.60 Å². The van der Waals surface area contributed by atoms with E-state index >= 15 is 0 Å². The van der Waals surface area contributed by atoms with Gasteiger partial charge >= 0.3 is 0 Å². The summed E-state index contributed by atoms with van der Waals surface area (Å²) in [7, 11) is 0. The molecule has 1 aliphatic carbocycles. The van der Waals surface area contributed by atoms with Gasteiger partial charge < -0.3 is 10.8 Å². The third-order valence-corrected chi connectivity index (χ3v) is 2.29. The first-order valence-corrected chi connectivity index (χ1v) is 4.15. The highest BCUT2D eigenvalue weighted by atomic mass is 16.3. The summed E-state index contributed by atoms with van der Waals surface area (Å²) in [6, 6.07) is 0. The maximum Gasteiger partial charge on any atom is 0.203 e. The third kappa shape index (κ3) is 2.35. The number of hydrogen-bond acceptors (Lipinski definition) is 3. The largest absolute Gasteiger partial charge is 0.390 e. The third-order valence-electron chi connectivity index (χ3n) is 2.29. The lowest BCUT2D eigenvalue weighted by Gasteiger charge is -2.36. The van der Waals surface area contributed by atoms with Crippen LogP contribution < -0.4 is 17.0 Å². The molecule has 6 N–H and O–H groups in total. The van der Waals surface area contributed by atoms with Crippen LogP contribution in [0.2, 0.25) is 0 Å². The molecule has 12 heavy (non-hydrogen) atoms. The number of rotatable bonds is 3. The van der Waals surface area contributed by atoms with E-state index in [9.17, 15) is 5.11 Å². The van der Waals surface area contributed by atoms with Crippen molar-refractivity contribution in [1.29, 1.82) is 0 Å². The molecule has 0 aromatic carbocycles. The summed E-state index contributed by atoms with van der Waals surface area (Å²) in [5.41, 5.74) is 7.05. The maximum absolute atomic E-state index is 9.63. The van der Waals surface area contributed by atoms with Crippen LogP contribution in [0, 0.1) is 0 Å². The summed E-state index contributed by atoms with van der Waals surface area (Å²) >= 11 is 0. The number of aliphatic imine (C=N–C) groups is 1. The minimum absolute atomic E-state index is 0.220. The van der Waals surface area contributed by atoms with Crippen molar-refractivity contribution < 1.29 is 5.11 Å². The summed E-state index contributed by atoms with van der Waals surface area (Å²) in [5, 5.41) is 9.63. The van der Waals surface area contributed by atoms with Crippen LogP contribution in [-0.4, -0.2) is 23.2 Å². The molecule has 0 saturated heterocycles. The van der Waals surface area contributed by atoms with Gasteiger partial charge in [-0.3, -0.25) is 10.4 Å². The van der Waals surface area contributed by atoms with Gasteiger partial charge in [0.1, 0.15) is 0 Å². The Bertz CT molecular complexity index is 176. The van der Waals surface area contributed by atoms with E-state index in [1.165, 1.54) is 0 Å². The molecule has 1 aliphatic rings. The smallest absolute Gasteiger partial charge is 0.203 e. The van der Waals surface area contributed by atoms with Gasteiger partial charge in [-0.1, -0.05) is 0 Å². The fraction of sp³-hybridized carbons (Fsp3) is 0.857. The zero-order valence-corrected chi connectivity index (χ0v) is 7.08. The average Bonchev–Trinajstić information content (AvgIpc) is 2.01. The monoisotopic (exact) mass is 172 g/mol. The van der Waals surface area contributed by atoms with E-state index in [1.807, 2.05) is 0 Å². The number of nitrogens with one attached hydrogen (secondary N) is 1. The Balaban J connectivity index is 2.17. The normalized spacial score (nSPS) is 21.7. The first-order valence-electron chi connectivity index (χ1n) is 4.15. The Labute approximate surface area is 71.8 Å². The van der Waals surface area contributed by atoms with E-state index in [4.69, 9.17) is 11.6 Å². The number of guanidine groups is 1. The zero-order valence-electron chi connectivity index (χ0n) is 7.08. The molecular weight excluding hydrogens is 156 g/mol. The van der Waals surface area contributed by atoms with Crippen molar-refractivity contribution in [1.82, 2.24) is 5.43 Å². The van der Waals surface area contributed by atoms with Gasteiger partial charge in [0.25, 0.3) is 0 Å². The molecule has 70 valence electrons. The fourth-order valence-corrected chi connectivity index (χ4v) is 1.27. The second-order valence-corrected chi connectivity index (χ2v) is 3.24. The van der Waals surface area contributed by atoms with Crippen molar-refractivity contribution in [2.24, 2.45) is 16.6 Å². The highest BCUT2D eigenvalue weighted by molar-refractivity contribution is 5.77. The zero-order chi connectivity index (χ0) is 9.03. The van der Waals surface area contributed by atoms with Gasteiger partial charge in [0.15, 0.2) is 0 Å². The number of hydrogen-bond donors (Lipinski definition) is 4. The van der Waals surface area contributed by atoms with Gasteiger partial charge in [-0.25, -0.2) is 5.84 Å². The molecule has 5 nitrogen and oxygen atoms in total. The first kappa shape index (κ1) is 9.28. The van der Waals surface area contributed by atoms with Gasteiger partial charge in [0.2, 0.25) is 5.96 Å². The SMILES string of the molecule is NNC(N)=NCCC1(O)CCC1. The summed E-state index contributed by atoms with van der Waals surface area (Å²) < 4.78 is 0. The predicted octanol–water partition coefficient (Wildman–Crippen LogP) is -0.931. The molecule has 0 unspecified atom stereocenters. The van der Waals surface area contributed by atoms with Crippen LogP contribution in [0.4, 0.5) is 0 Å². The Morgan fingerprint density at radius 1 is 1.58 bits per heavy atom. The van der Waals surface area contributed by atoms with E-state index < -0.39 is 5.60 Å². The van der Waals surface area contributed by atoms with Crippen molar-refractivity contribution >= 4 is 5.96 Å². The Morgan fingerprint density at radius 2 is 2.25 bits per heavy atom. The number of nitrogens with zero attached hydrogens (tertiary/aromatic N) is 1. The molecule has 1 saturated carbocycles. The van der Waals surface area contributed by atoms with Crippen LogP contribution in [-0.2, 0) is 0 Å². The molecule has 0 amide bonds. The minimum Gasteiger partial charge on any atom is -0.390 e. The fourth-order valence-electron chi connectivity index (χ4n) is 1.27. The highest BCUT2D eigenvalue weighted by Gasteiger charge is 2.33. The molecular formula is C7H16N4O. The number of hydrazine groups is 1. The van der Waals surface area contributed by atoms with E-state index in [0.29, 0.717) is 13.0 Å². The second kappa shape index (κ2) is 3.73. The Hall–Kier alpha value is -0.810. The summed E-state index contributed by atoms with van der Waals surface area (Å²) in [6.45, 7) is 0.534. The molecule has 0 aromatic heterocycles. The van der Waals surface area contributed by atoms with Crippen molar-refractivity contribution in [3.63, 3.8) is 0 Å². The van der Waals surface area contributed by atoms with Gasteiger partial charge in [-0.05, 0) is 25.7 Å². The van der Waals surface area contributed by atoms with Crippen molar-refractivity contribution in [2.75, 3.05) is 6.54 Å². The molecule has 0 aliphatic heterocycles. The first-order chi connectivity index (χ1) is 5.66. The van der Waals surface area contributed by atoms with Crippen LogP contribution in [0.25, 0.3) is 0 Å². The molecule has 0 radical (unpaired) electrons. The van der Waals surface area contributed by atoms with E-state index in [1.54, 1.807) is 0 Å². The Kier molecular flexibility index (Phi) is 2.88. The molecule has 0 bridgehead atoms. The van der Waals surface area contributed by atoms with Crippen LogP contribution in [0.15, 0.2) is 4.99 Å². The average molecular weight is 172 g/mol. The lowest BCUT2D eigenvalue weighted by Crippen LogP contribution is -2.39.